The van der Waals surface area contributed by atoms with Crippen molar-refractivity contribution in [3.05, 3.63) is 28.8 Å². The van der Waals surface area contributed by atoms with Crippen LogP contribution in [0.1, 0.15) is 29.5 Å². The highest BCUT2D eigenvalue weighted by atomic mass is 15.2. The van der Waals surface area contributed by atoms with Gasteiger partial charge in [-0.1, -0.05) is 17.7 Å². The summed E-state index contributed by atoms with van der Waals surface area (Å²) in [5, 5.41) is 3.54. The summed E-state index contributed by atoms with van der Waals surface area (Å²) in [6.45, 7) is 11.6. The minimum absolute atomic E-state index is 0.559. The maximum atomic E-state index is 3.54. The summed E-state index contributed by atoms with van der Waals surface area (Å²) in [6.07, 6.45) is 2.71. The molecule has 1 N–H and O–H groups in total. The second kappa shape index (κ2) is 4.27. The number of benzene rings is 1. The zero-order valence-electron chi connectivity index (χ0n) is 11.8. The molecule has 1 spiro atoms. The summed E-state index contributed by atoms with van der Waals surface area (Å²) in [4.78, 5) is 2.62. The number of anilines is 1. The molecule has 2 aliphatic rings. The molecule has 1 unspecified atom stereocenters. The summed E-state index contributed by atoms with van der Waals surface area (Å²) < 4.78 is 0. The van der Waals surface area contributed by atoms with E-state index in [4.69, 9.17) is 0 Å². The van der Waals surface area contributed by atoms with Gasteiger partial charge >= 0.3 is 0 Å². The highest BCUT2D eigenvalue weighted by Gasteiger charge is 2.40. The molecule has 2 heteroatoms. The first-order valence-electron chi connectivity index (χ1n) is 7.13. The van der Waals surface area contributed by atoms with Gasteiger partial charge in [0.15, 0.2) is 0 Å². The van der Waals surface area contributed by atoms with E-state index in [0.717, 1.165) is 0 Å². The van der Waals surface area contributed by atoms with E-state index < -0.39 is 0 Å². The van der Waals surface area contributed by atoms with E-state index in [1.807, 2.05) is 0 Å². The first-order chi connectivity index (χ1) is 8.60. The van der Waals surface area contributed by atoms with E-state index in [-0.39, 0.29) is 0 Å². The van der Waals surface area contributed by atoms with Crippen molar-refractivity contribution in [2.45, 2.75) is 33.6 Å². The molecule has 0 radical (unpaired) electrons. The van der Waals surface area contributed by atoms with Crippen molar-refractivity contribution in [3.63, 3.8) is 0 Å². The van der Waals surface area contributed by atoms with Crippen LogP contribution >= 0.6 is 0 Å². The minimum Gasteiger partial charge on any atom is -0.370 e. The fourth-order valence-corrected chi connectivity index (χ4v) is 3.94. The number of aryl methyl sites for hydroxylation is 3. The predicted molar refractivity (Wildman–Crippen MR) is 77.4 cm³/mol. The third kappa shape index (κ3) is 1.93. The van der Waals surface area contributed by atoms with E-state index in [1.54, 1.807) is 0 Å². The molecular weight excluding hydrogens is 220 g/mol. The molecule has 0 saturated carbocycles. The molecule has 18 heavy (non-hydrogen) atoms. The van der Waals surface area contributed by atoms with Gasteiger partial charge in [-0.05, 0) is 51.3 Å². The van der Waals surface area contributed by atoms with Crippen LogP contribution in [0.2, 0.25) is 0 Å². The normalized spacial score (nSPS) is 27.4. The number of hydrogen-bond donors (Lipinski definition) is 1. The fourth-order valence-electron chi connectivity index (χ4n) is 3.94. The molecule has 98 valence electrons. The van der Waals surface area contributed by atoms with Gasteiger partial charge in [-0.3, -0.25) is 0 Å². The zero-order chi connectivity index (χ0) is 12.8. The third-order valence-electron chi connectivity index (χ3n) is 4.72. The van der Waals surface area contributed by atoms with Gasteiger partial charge < -0.3 is 10.2 Å². The standard InChI is InChI=1S/C16H24N2/c1-12-8-13(2)15(14(3)9-12)18-7-5-16(11-18)4-6-17-10-16/h8-9,17H,4-7,10-11H2,1-3H3. The van der Waals surface area contributed by atoms with Crippen LogP contribution in [0.25, 0.3) is 0 Å². The summed E-state index contributed by atoms with van der Waals surface area (Å²) in [5.74, 6) is 0. The molecule has 2 saturated heterocycles. The van der Waals surface area contributed by atoms with Crippen molar-refractivity contribution in [1.29, 1.82) is 0 Å². The Bertz CT molecular complexity index is 435. The maximum absolute atomic E-state index is 3.54. The van der Waals surface area contributed by atoms with Crippen molar-refractivity contribution >= 4 is 5.69 Å². The van der Waals surface area contributed by atoms with Crippen LogP contribution in [0.15, 0.2) is 12.1 Å². The van der Waals surface area contributed by atoms with E-state index in [0.29, 0.717) is 5.41 Å². The van der Waals surface area contributed by atoms with E-state index in [9.17, 15) is 0 Å². The Morgan fingerprint density at radius 1 is 1.11 bits per heavy atom. The van der Waals surface area contributed by atoms with Crippen molar-refractivity contribution < 1.29 is 0 Å². The Balaban J connectivity index is 1.88. The lowest BCUT2D eigenvalue weighted by Crippen LogP contribution is -2.29. The Kier molecular flexibility index (Phi) is 2.86. The number of hydrogen-bond acceptors (Lipinski definition) is 2. The first-order valence-corrected chi connectivity index (χ1v) is 7.13. The molecule has 1 aromatic rings. The van der Waals surface area contributed by atoms with Gasteiger partial charge in [0.25, 0.3) is 0 Å². The number of rotatable bonds is 1. The monoisotopic (exact) mass is 244 g/mol. The Morgan fingerprint density at radius 3 is 2.44 bits per heavy atom. The van der Waals surface area contributed by atoms with Crippen LogP contribution in [0.3, 0.4) is 0 Å². The molecule has 0 bridgehead atoms. The van der Waals surface area contributed by atoms with Gasteiger partial charge in [-0.15, -0.1) is 0 Å². The largest absolute Gasteiger partial charge is 0.370 e. The molecule has 0 aliphatic carbocycles. The van der Waals surface area contributed by atoms with Gasteiger partial charge in [0.2, 0.25) is 0 Å². The number of nitrogens with zero attached hydrogens (tertiary/aromatic N) is 1. The van der Waals surface area contributed by atoms with Crippen LogP contribution < -0.4 is 10.2 Å². The quantitative estimate of drug-likeness (QED) is 0.817. The van der Waals surface area contributed by atoms with Gasteiger partial charge in [0.05, 0.1) is 0 Å². The molecule has 2 fully saturated rings. The summed E-state index contributed by atoms with van der Waals surface area (Å²) >= 11 is 0. The Morgan fingerprint density at radius 2 is 1.83 bits per heavy atom. The van der Waals surface area contributed by atoms with Gasteiger partial charge in [-0.25, -0.2) is 0 Å². The van der Waals surface area contributed by atoms with Crippen LogP contribution in [0.5, 0.6) is 0 Å². The number of nitrogens with one attached hydrogen (secondary N) is 1. The smallest absolute Gasteiger partial charge is 0.0426 e. The molecule has 0 amide bonds. The summed E-state index contributed by atoms with van der Waals surface area (Å²) in [7, 11) is 0. The topological polar surface area (TPSA) is 15.3 Å². The Hall–Kier alpha value is -1.02. The zero-order valence-corrected chi connectivity index (χ0v) is 11.8. The average molecular weight is 244 g/mol. The lowest BCUT2D eigenvalue weighted by molar-refractivity contribution is 0.369. The van der Waals surface area contributed by atoms with Crippen LogP contribution in [0, 0.1) is 26.2 Å². The fraction of sp³-hybridized carbons (Fsp3) is 0.625. The minimum atomic E-state index is 0.559. The SMILES string of the molecule is Cc1cc(C)c(N2CCC3(CCNC3)C2)c(C)c1. The molecule has 2 aliphatic heterocycles. The molecule has 1 aromatic carbocycles. The van der Waals surface area contributed by atoms with Crippen molar-refractivity contribution in [1.82, 2.24) is 5.32 Å². The molecule has 2 heterocycles. The summed E-state index contributed by atoms with van der Waals surface area (Å²) in [5.41, 5.74) is 6.31. The Labute approximate surface area is 110 Å². The highest BCUT2D eigenvalue weighted by Crippen LogP contribution is 2.40. The third-order valence-corrected chi connectivity index (χ3v) is 4.72. The van der Waals surface area contributed by atoms with Crippen molar-refractivity contribution in [2.24, 2.45) is 5.41 Å². The second-order valence-electron chi connectivity index (χ2n) is 6.35. The first kappa shape index (κ1) is 12.0. The van der Waals surface area contributed by atoms with Crippen LogP contribution in [-0.4, -0.2) is 26.2 Å². The summed E-state index contributed by atoms with van der Waals surface area (Å²) in [6, 6.07) is 4.64. The average Bonchev–Trinajstić information content (AvgIpc) is 2.89. The highest BCUT2D eigenvalue weighted by molar-refractivity contribution is 5.61. The van der Waals surface area contributed by atoms with Crippen LogP contribution in [-0.2, 0) is 0 Å². The second-order valence-corrected chi connectivity index (χ2v) is 6.35. The van der Waals surface area contributed by atoms with E-state index in [1.165, 1.54) is 61.4 Å². The maximum Gasteiger partial charge on any atom is 0.0426 e. The van der Waals surface area contributed by atoms with Crippen molar-refractivity contribution in [3.8, 4) is 0 Å². The van der Waals surface area contributed by atoms with Gasteiger partial charge in [0, 0.05) is 30.7 Å². The van der Waals surface area contributed by atoms with Gasteiger partial charge in [0.1, 0.15) is 0 Å². The van der Waals surface area contributed by atoms with Crippen molar-refractivity contribution in [2.75, 3.05) is 31.1 Å². The molecular formula is C16H24N2. The lowest BCUT2D eigenvalue weighted by Gasteiger charge is -2.27. The lowest BCUT2D eigenvalue weighted by atomic mass is 9.86. The predicted octanol–water partition coefficient (Wildman–Crippen LogP) is 2.80. The molecule has 0 aromatic heterocycles. The molecule has 1 atom stereocenters. The molecule has 3 rings (SSSR count). The van der Waals surface area contributed by atoms with E-state index in [2.05, 4.69) is 43.1 Å². The van der Waals surface area contributed by atoms with Gasteiger partial charge in [-0.2, -0.15) is 0 Å². The molecule has 2 nitrogen and oxygen atoms in total. The van der Waals surface area contributed by atoms with E-state index >= 15 is 0 Å². The van der Waals surface area contributed by atoms with Crippen LogP contribution in [0.4, 0.5) is 5.69 Å².